The molecule has 0 radical (unpaired) electrons. The van der Waals surface area contributed by atoms with E-state index in [1.54, 1.807) is 0 Å². The average molecular weight is 318 g/mol. The number of likely N-dealkylation sites (tertiary alicyclic amines) is 1. The van der Waals surface area contributed by atoms with Crippen LogP contribution in [0.4, 0.5) is 0 Å². The largest absolute Gasteiger partial charge is 0.378 e. The van der Waals surface area contributed by atoms with Crippen molar-refractivity contribution in [3.63, 3.8) is 0 Å². The van der Waals surface area contributed by atoms with E-state index in [2.05, 4.69) is 16.5 Å². The molecule has 0 aliphatic carbocycles. The minimum Gasteiger partial charge on any atom is -0.378 e. The molecule has 2 aliphatic heterocycles. The topological polar surface area (TPSA) is 58.6 Å². The maximum atomic E-state index is 11.2. The first-order valence-corrected chi connectivity index (χ1v) is 10.1. The summed E-state index contributed by atoms with van der Waals surface area (Å²) in [6.07, 6.45) is 8.60. The summed E-state index contributed by atoms with van der Waals surface area (Å²) in [5.41, 5.74) is 0. The van der Waals surface area contributed by atoms with Gasteiger partial charge in [-0.3, -0.25) is 0 Å². The average Bonchev–Trinajstić information content (AvgIpc) is 2.39. The lowest BCUT2D eigenvalue weighted by Gasteiger charge is -2.39. The zero-order chi connectivity index (χ0) is 15.3. The van der Waals surface area contributed by atoms with Gasteiger partial charge in [-0.2, -0.15) is 0 Å². The van der Waals surface area contributed by atoms with Crippen LogP contribution < -0.4 is 4.72 Å². The molecule has 21 heavy (non-hydrogen) atoms. The molecule has 3 unspecified atom stereocenters. The summed E-state index contributed by atoms with van der Waals surface area (Å²) in [7, 11) is -3.06. The molecule has 3 atom stereocenters. The van der Waals surface area contributed by atoms with Crippen molar-refractivity contribution in [3.8, 4) is 0 Å². The second kappa shape index (κ2) is 7.90. The van der Waals surface area contributed by atoms with E-state index in [4.69, 9.17) is 4.74 Å². The van der Waals surface area contributed by atoms with Crippen molar-refractivity contribution in [1.29, 1.82) is 0 Å². The Morgan fingerprint density at radius 2 is 2.10 bits per heavy atom. The highest BCUT2D eigenvalue weighted by atomic mass is 32.2. The van der Waals surface area contributed by atoms with Crippen LogP contribution in [0.2, 0.25) is 0 Å². The summed E-state index contributed by atoms with van der Waals surface area (Å²) < 4.78 is 30.6. The number of hydrogen-bond donors (Lipinski definition) is 1. The number of rotatable bonds is 6. The zero-order valence-corrected chi connectivity index (χ0v) is 14.2. The van der Waals surface area contributed by atoms with Crippen LogP contribution in [0.5, 0.6) is 0 Å². The van der Waals surface area contributed by atoms with Gasteiger partial charge >= 0.3 is 0 Å². The van der Waals surface area contributed by atoms with Crippen LogP contribution in [-0.2, 0) is 14.8 Å². The molecule has 124 valence electrons. The summed E-state index contributed by atoms with van der Waals surface area (Å²) in [4.78, 5) is 2.59. The highest BCUT2D eigenvalue weighted by molar-refractivity contribution is 7.88. The van der Waals surface area contributed by atoms with E-state index in [0.29, 0.717) is 18.7 Å². The van der Waals surface area contributed by atoms with Crippen LogP contribution in [0.1, 0.15) is 45.4 Å². The fourth-order valence-corrected chi connectivity index (χ4v) is 4.12. The molecule has 0 aromatic heterocycles. The smallest absolute Gasteiger partial charge is 0.208 e. The molecule has 0 aromatic rings. The lowest BCUT2D eigenvalue weighted by atomic mass is 9.92. The molecule has 0 bridgehead atoms. The van der Waals surface area contributed by atoms with Crippen molar-refractivity contribution in [3.05, 3.63) is 0 Å². The Kier molecular flexibility index (Phi) is 6.47. The highest BCUT2D eigenvalue weighted by Crippen LogP contribution is 2.26. The molecule has 2 saturated heterocycles. The predicted octanol–water partition coefficient (Wildman–Crippen LogP) is 1.60. The van der Waals surface area contributed by atoms with E-state index in [1.165, 1.54) is 25.5 Å². The number of nitrogens with one attached hydrogen (secondary N) is 1. The van der Waals surface area contributed by atoms with Crippen LogP contribution in [0, 0.1) is 5.92 Å². The maximum absolute atomic E-state index is 11.2. The molecule has 2 rings (SSSR count). The van der Waals surface area contributed by atoms with Gasteiger partial charge in [-0.05, 0) is 51.5 Å². The molecule has 0 amide bonds. The molecule has 0 saturated carbocycles. The lowest BCUT2D eigenvalue weighted by molar-refractivity contribution is -0.0122. The van der Waals surface area contributed by atoms with Crippen molar-refractivity contribution < 1.29 is 13.2 Å². The molecule has 0 aromatic carbocycles. The third kappa shape index (κ3) is 6.22. The summed E-state index contributed by atoms with van der Waals surface area (Å²) in [5.74, 6) is 0.734. The van der Waals surface area contributed by atoms with E-state index in [-0.39, 0.29) is 0 Å². The van der Waals surface area contributed by atoms with Gasteiger partial charge in [0.15, 0.2) is 0 Å². The standard InChI is InChI=1S/C15H30N2O3S/c1-13-11-14(7-10-20-13)12-17-9-4-3-5-15(17)6-8-16-21(2,18)19/h13-16H,3-12H2,1-2H3. The van der Waals surface area contributed by atoms with Gasteiger partial charge in [0.2, 0.25) is 10.0 Å². The van der Waals surface area contributed by atoms with E-state index in [0.717, 1.165) is 44.9 Å². The van der Waals surface area contributed by atoms with E-state index >= 15 is 0 Å². The molecule has 2 aliphatic rings. The van der Waals surface area contributed by atoms with Gasteiger partial charge < -0.3 is 9.64 Å². The minimum absolute atomic E-state index is 0.388. The Balaban J connectivity index is 1.80. The van der Waals surface area contributed by atoms with Gasteiger partial charge in [-0.25, -0.2) is 13.1 Å². The monoisotopic (exact) mass is 318 g/mol. The van der Waals surface area contributed by atoms with Crippen LogP contribution in [0.3, 0.4) is 0 Å². The predicted molar refractivity (Wildman–Crippen MR) is 84.8 cm³/mol. The number of hydrogen-bond acceptors (Lipinski definition) is 4. The van der Waals surface area contributed by atoms with E-state index in [9.17, 15) is 8.42 Å². The van der Waals surface area contributed by atoms with E-state index < -0.39 is 10.0 Å². The Bertz CT molecular complexity index is 413. The van der Waals surface area contributed by atoms with Crippen LogP contribution >= 0.6 is 0 Å². The Morgan fingerprint density at radius 3 is 2.81 bits per heavy atom. The van der Waals surface area contributed by atoms with Crippen LogP contribution in [0.15, 0.2) is 0 Å². The Morgan fingerprint density at radius 1 is 1.29 bits per heavy atom. The lowest BCUT2D eigenvalue weighted by Crippen LogP contribution is -2.45. The Labute approximate surface area is 129 Å². The fraction of sp³-hybridized carbons (Fsp3) is 1.00. The Hall–Kier alpha value is -0.170. The first-order chi connectivity index (χ1) is 9.94. The highest BCUT2D eigenvalue weighted by Gasteiger charge is 2.27. The van der Waals surface area contributed by atoms with Gasteiger partial charge in [0.05, 0.1) is 12.4 Å². The van der Waals surface area contributed by atoms with Gasteiger partial charge in [-0.15, -0.1) is 0 Å². The third-order valence-corrected chi connectivity index (χ3v) is 5.41. The SMILES string of the molecule is CC1CC(CN2CCCCC2CCNS(C)(=O)=O)CCO1. The minimum atomic E-state index is -3.06. The van der Waals surface area contributed by atoms with Crippen LogP contribution in [-0.4, -0.2) is 58.0 Å². The molecule has 6 heteroatoms. The number of piperidine rings is 1. The van der Waals surface area contributed by atoms with Crippen molar-refractivity contribution >= 4 is 10.0 Å². The van der Waals surface area contributed by atoms with Gasteiger partial charge in [-0.1, -0.05) is 6.42 Å². The molecular formula is C15H30N2O3S. The molecule has 0 spiro atoms. The van der Waals surface area contributed by atoms with Gasteiger partial charge in [0, 0.05) is 25.7 Å². The van der Waals surface area contributed by atoms with E-state index in [1.807, 2.05) is 0 Å². The second-order valence-electron chi connectivity index (χ2n) is 6.67. The molecule has 2 heterocycles. The summed E-state index contributed by atoms with van der Waals surface area (Å²) in [5, 5.41) is 0. The third-order valence-electron chi connectivity index (χ3n) is 4.68. The molecular weight excluding hydrogens is 288 g/mol. The first-order valence-electron chi connectivity index (χ1n) is 8.24. The number of nitrogens with zero attached hydrogens (tertiary/aromatic N) is 1. The zero-order valence-electron chi connectivity index (χ0n) is 13.4. The fourth-order valence-electron chi connectivity index (χ4n) is 3.63. The van der Waals surface area contributed by atoms with Gasteiger partial charge in [0.25, 0.3) is 0 Å². The van der Waals surface area contributed by atoms with Crippen molar-refractivity contribution in [2.24, 2.45) is 5.92 Å². The van der Waals surface area contributed by atoms with Crippen LogP contribution in [0.25, 0.3) is 0 Å². The molecule has 5 nitrogen and oxygen atoms in total. The molecule has 1 N–H and O–H groups in total. The number of ether oxygens (including phenoxy) is 1. The summed E-state index contributed by atoms with van der Waals surface area (Å²) in [6.45, 7) is 5.92. The van der Waals surface area contributed by atoms with Crippen molar-refractivity contribution in [1.82, 2.24) is 9.62 Å². The normalized spacial score (nSPS) is 32.2. The molecule has 2 fully saturated rings. The van der Waals surface area contributed by atoms with Crippen molar-refractivity contribution in [2.45, 2.75) is 57.6 Å². The summed E-state index contributed by atoms with van der Waals surface area (Å²) >= 11 is 0. The first kappa shape index (κ1) is 17.2. The summed E-state index contributed by atoms with van der Waals surface area (Å²) in [6, 6.07) is 0.533. The maximum Gasteiger partial charge on any atom is 0.208 e. The second-order valence-corrected chi connectivity index (χ2v) is 8.50. The number of sulfonamides is 1. The van der Waals surface area contributed by atoms with Crippen molar-refractivity contribution in [2.75, 3.05) is 32.5 Å². The van der Waals surface area contributed by atoms with Gasteiger partial charge in [0.1, 0.15) is 0 Å². The quantitative estimate of drug-likeness (QED) is 0.808.